The number of allylic oxidation sites excluding steroid dienone is 1. The second kappa shape index (κ2) is 3.25. The number of fused-ring (bicyclic) bond motifs is 1. The average Bonchev–Trinajstić information content (AvgIpc) is 2.49. The standard InChI is InChI=1S/C11H9FO2/c12-10-3-1-2-8-7(6-11(13)14)4-5-9(8)10/h1-3,6H,4-5H2,(H,13,14). The smallest absolute Gasteiger partial charge is 0.328 e. The number of rotatable bonds is 1. The Labute approximate surface area is 80.7 Å². The summed E-state index contributed by atoms with van der Waals surface area (Å²) in [6.45, 7) is 0. The molecule has 0 saturated carbocycles. The van der Waals surface area contributed by atoms with E-state index in [0.717, 1.165) is 11.6 Å². The molecule has 72 valence electrons. The van der Waals surface area contributed by atoms with Crippen LogP contribution in [0.3, 0.4) is 0 Å². The maximum Gasteiger partial charge on any atom is 0.328 e. The van der Waals surface area contributed by atoms with E-state index in [0.29, 0.717) is 24.0 Å². The van der Waals surface area contributed by atoms with Gasteiger partial charge >= 0.3 is 5.97 Å². The van der Waals surface area contributed by atoms with Gasteiger partial charge in [0.15, 0.2) is 0 Å². The Balaban J connectivity index is 2.50. The minimum Gasteiger partial charge on any atom is -0.478 e. The van der Waals surface area contributed by atoms with Crippen molar-refractivity contribution in [1.29, 1.82) is 0 Å². The third kappa shape index (κ3) is 1.41. The van der Waals surface area contributed by atoms with E-state index in [2.05, 4.69) is 0 Å². The molecule has 0 heterocycles. The van der Waals surface area contributed by atoms with Crippen LogP contribution in [0.15, 0.2) is 24.3 Å². The summed E-state index contributed by atoms with van der Waals surface area (Å²) in [5.41, 5.74) is 2.10. The van der Waals surface area contributed by atoms with Crippen molar-refractivity contribution in [2.45, 2.75) is 12.8 Å². The molecule has 1 aromatic carbocycles. The largest absolute Gasteiger partial charge is 0.478 e. The maximum absolute atomic E-state index is 13.2. The summed E-state index contributed by atoms with van der Waals surface area (Å²) in [7, 11) is 0. The van der Waals surface area contributed by atoms with Crippen LogP contribution in [0.25, 0.3) is 5.57 Å². The van der Waals surface area contributed by atoms with Gasteiger partial charge in [-0.25, -0.2) is 9.18 Å². The maximum atomic E-state index is 13.2. The lowest BCUT2D eigenvalue weighted by Gasteiger charge is -1.99. The van der Waals surface area contributed by atoms with Crippen LogP contribution in [0.5, 0.6) is 0 Å². The number of carboxylic acid groups (broad SMARTS) is 1. The minimum atomic E-state index is -0.975. The molecular formula is C11H9FO2. The average molecular weight is 192 g/mol. The molecule has 0 fully saturated rings. The van der Waals surface area contributed by atoms with E-state index in [9.17, 15) is 9.18 Å². The molecule has 3 heteroatoms. The molecule has 1 aliphatic rings. The van der Waals surface area contributed by atoms with Crippen molar-refractivity contribution in [2.24, 2.45) is 0 Å². The van der Waals surface area contributed by atoms with Crippen molar-refractivity contribution in [3.63, 3.8) is 0 Å². The molecule has 0 aliphatic heterocycles. The van der Waals surface area contributed by atoms with Crippen molar-refractivity contribution in [3.8, 4) is 0 Å². The van der Waals surface area contributed by atoms with Crippen molar-refractivity contribution >= 4 is 11.5 Å². The van der Waals surface area contributed by atoms with E-state index in [-0.39, 0.29) is 5.82 Å². The Bertz CT molecular complexity index is 421. The Kier molecular flexibility index (Phi) is 2.08. The van der Waals surface area contributed by atoms with Crippen molar-refractivity contribution < 1.29 is 14.3 Å². The molecule has 0 radical (unpaired) electrons. The molecule has 1 aliphatic carbocycles. The van der Waals surface area contributed by atoms with Crippen LogP contribution < -0.4 is 0 Å². The Hall–Kier alpha value is -1.64. The van der Waals surface area contributed by atoms with Crippen LogP contribution in [-0.4, -0.2) is 11.1 Å². The van der Waals surface area contributed by atoms with Gasteiger partial charge in [-0.3, -0.25) is 0 Å². The molecule has 0 saturated heterocycles. The van der Waals surface area contributed by atoms with Gasteiger partial charge in [0.25, 0.3) is 0 Å². The van der Waals surface area contributed by atoms with Gasteiger partial charge in [-0.2, -0.15) is 0 Å². The van der Waals surface area contributed by atoms with Crippen LogP contribution in [0, 0.1) is 5.82 Å². The zero-order valence-corrected chi connectivity index (χ0v) is 7.46. The number of halogens is 1. The van der Waals surface area contributed by atoms with E-state index in [4.69, 9.17) is 5.11 Å². The normalized spacial score (nSPS) is 17.1. The number of carbonyl (C=O) groups is 1. The first-order chi connectivity index (χ1) is 6.68. The number of carboxylic acids is 1. The SMILES string of the molecule is O=C(O)C=C1CCc2c(F)cccc21. The number of benzene rings is 1. The molecule has 0 amide bonds. The highest BCUT2D eigenvalue weighted by atomic mass is 19.1. The van der Waals surface area contributed by atoms with E-state index in [1.807, 2.05) is 0 Å². The van der Waals surface area contributed by atoms with Gasteiger partial charge in [0, 0.05) is 6.08 Å². The lowest BCUT2D eigenvalue weighted by atomic mass is 10.1. The lowest BCUT2D eigenvalue weighted by Crippen LogP contribution is -1.90. The second-order valence-electron chi connectivity index (χ2n) is 3.27. The molecule has 14 heavy (non-hydrogen) atoms. The first-order valence-corrected chi connectivity index (χ1v) is 4.40. The highest BCUT2D eigenvalue weighted by Crippen LogP contribution is 2.33. The molecule has 0 unspecified atom stereocenters. The van der Waals surface area contributed by atoms with E-state index < -0.39 is 5.97 Å². The third-order valence-electron chi connectivity index (χ3n) is 2.41. The number of hydrogen-bond acceptors (Lipinski definition) is 1. The predicted octanol–water partition coefficient (Wildman–Crippen LogP) is 2.24. The Morgan fingerprint density at radius 2 is 2.21 bits per heavy atom. The second-order valence-corrected chi connectivity index (χ2v) is 3.27. The molecule has 0 bridgehead atoms. The van der Waals surface area contributed by atoms with Gasteiger partial charge in [-0.05, 0) is 35.6 Å². The van der Waals surface area contributed by atoms with Crippen LogP contribution in [0.1, 0.15) is 17.5 Å². The highest BCUT2D eigenvalue weighted by Gasteiger charge is 2.19. The molecule has 0 aromatic heterocycles. The zero-order valence-electron chi connectivity index (χ0n) is 7.46. The van der Waals surface area contributed by atoms with Gasteiger partial charge < -0.3 is 5.11 Å². The van der Waals surface area contributed by atoms with Crippen molar-refractivity contribution in [1.82, 2.24) is 0 Å². The van der Waals surface area contributed by atoms with Crippen LogP contribution >= 0.6 is 0 Å². The Morgan fingerprint density at radius 1 is 1.43 bits per heavy atom. The fourth-order valence-electron chi connectivity index (χ4n) is 1.81. The molecule has 1 N–H and O–H groups in total. The monoisotopic (exact) mass is 192 g/mol. The fourth-order valence-corrected chi connectivity index (χ4v) is 1.81. The van der Waals surface area contributed by atoms with Gasteiger partial charge in [0.2, 0.25) is 0 Å². The zero-order chi connectivity index (χ0) is 10.1. The summed E-state index contributed by atoms with van der Waals surface area (Å²) in [5, 5.41) is 8.60. The van der Waals surface area contributed by atoms with E-state index in [1.54, 1.807) is 12.1 Å². The van der Waals surface area contributed by atoms with Gasteiger partial charge in [-0.1, -0.05) is 12.1 Å². The lowest BCUT2D eigenvalue weighted by molar-refractivity contribution is -0.131. The van der Waals surface area contributed by atoms with Crippen LogP contribution in [0.2, 0.25) is 0 Å². The molecule has 2 nitrogen and oxygen atoms in total. The topological polar surface area (TPSA) is 37.3 Å². The van der Waals surface area contributed by atoms with E-state index in [1.165, 1.54) is 6.07 Å². The van der Waals surface area contributed by atoms with Crippen molar-refractivity contribution in [3.05, 3.63) is 41.2 Å². The van der Waals surface area contributed by atoms with Gasteiger partial charge in [0.1, 0.15) is 5.82 Å². The van der Waals surface area contributed by atoms with Gasteiger partial charge in [0.05, 0.1) is 0 Å². The summed E-state index contributed by atoms with van der Waals surface area (Å²) in [6.07, 6.45) is 2.37. The quantitative estimate of drug-likeness (QED) is 0.693. The molecular weight excluding hydrogens is 183 g/mol. The van der Waals surface area contributed by atoms with Crippen LogP contribution in [-0.2, 0) is 11.2 Å². The summed E-state index contributed by atoms with van der Waals surface area (Å²) in [6, 6.07) is 4.78. The Morgan fingerprint density at radius 3 is 2.93 bits per heavy atom. The highest BCUT2D eigenvalue weighted by molar-refractivity contribution is 5.91. The number of hydrogen-bond donors (Lipinski definition) is 1. The predicted molar refractivity (Wildman–Crippen MR) is 50.3 cm³/mol. The summed E-state index contributed by atoms with van der Waals surface area (Å²) < 4.78 is 13.2. The molecule has 2 rings (SSSR count). The first-order valence-electron chi connectivity index (χ1n) is 4.40. The third-order valence-corrected chi connectivity index (χ3v) is 2.41. The minimum absolute atomic E-state index is 0.240. The summed E-state index contributed by atoms with van der Waals surface area (Å²) >= 11 is 0. The molecule has 1 aromatic rings. The molecule has 0 spiro atoms. The fraction of sp³-hybridized carbons (Fsp3) is 0.182. The number of aliphatic carboxylic acids is 1. The van der Waals surface area contributed by atoms with Crippen molar-refractivity contribution in [2.75, 3.05) is 0 Å². The first kappa shape index (κ1) is 8.94. The summed E-state index contributed by atoms with van der Waals surface area (Å²) in [5.74, 6) is -1.21. The molecule has 0 atom stereocenters. The van der Waals surface area contributed by atoms with E-state index >= 15 is 0 Å². The van der Waals surface area contributed by atoms with Crippen LogP contribution in [0.4, 0.5) is 4.39 Å². The summed E-state index contributed by atoms with van der Waals surface area (Å²) in [4.78, 5) is 10.5. The van der Waals surface area contributed by atoms with Gasteiger partial charge in [-0.15, -0.1) is 0 Å².